The van der Waals surface area contributed by atoms with Crippen LogP contribution in [-0.4, -0.2) is 63.2 Å². The fourth-order valence-corrected chi connectivity index (χ4v) is 6.75. The van der Waals surface area contributed by atoms with E-state index in [9.17, 15) is 9.59 Å². The van der Waals surface area contributed by atoms with E-state index in [4.69, 9.17) is 15.2 Å². The van der Waals surface area contributed by atoms with E-state index < -0.39 is 0 Å². The molecule has 0 saturated heterocycles. The van der Waals surface area contributed by atoms with Crippen LogP contribution in [0.15, 0.2) is 0 Å². The minimum absolute atomic E-state index is 0.0173. The zero-order chi connectivity index (χ0) is 37.7. The van der Waals surface area contributed by atoms with Crippen molar-refractivity contribution in [2.45, 2.75) is 239 Å². The third-order valence-electron chi connectivity index (χ3n) is 10.2. The van der Waals surface area contributed by atoms with Crippen molar-refractivity contribution in [1.82, 2.24) is 4.90 Å². The van der Waals surface area contributed by atoms with Crippen molar-refractivity contribution >= 4 is 12.3 Å². The molecular weight excluding hydrogens is 633 g/mol. The maximum atomic E-state index is 11.8. The lowest BCUT2D eigenvalue weighted by atomic mass is 10.0. The zero-order valence-electron chi connectivity index (χ0n) is 35.2. The number of carbonyl (C=O) groups excluding carboxylic acids is 2. The Morgan fingerprint density at radius 3 is 1.41 bits per heavy atom. The summed E-state index contributed by atoms with van der Waals surface area (Å²) in [6.45, 7) is 11.4. The number of methoxy groups -OCH3 is 1. The molecule has 0 unspecified atom stereocenters. The Balaban J connectivity index is 0. The molecule has 0 saturated carbocycles. The second-order valence-corrected chi connectivity index (χ2v) is 15.2. The first-order chi connectivity index (χ1) is 25.1. The van der Waals surface area contributed by atoms with Crippen LogP contribution in [0.2, 0.25) is 0 Å². The van der Waals surface area contributed by atoms with Crippen LogP contribution in [-0.2, 0) is 19.1 Å². The maximum absolute atomic E-state index is 11.8. The number of carbonyl (C=O) groups is 2. The highest BCUT2D eigenvalue weighted by molar-refractivity contribution is 5.69. The van der Waals surface area contributed by atoms with Gasteiger partial charge in [0.25, 0.3) is 0 Å². The molecular formula is C45H92N2O4. The first kappa shape index (κ1) is 52.1. The van der Waals surface area contributed by atoms with Crippen LogP contribution in [0.3, 0.4) is 0 Å². The van der Waals surface area contributed by atoms with Crippen molar-refractivity contribution in [2.75, 3.05) is 39.9 Å². The molecule has 0 bridgehead atoms. The highest BCUT2D eigenvalue weighted by atomic mass is 16.5. The van der Waals surface area contributed by atoms with Crippen LogP contribution >= 0.6 is 0 Å². The third kappa shape index (κ3) is 45.1. The predicted octanol–water partition coefficient (Wildman–Crippen LogP) is 12.9. The van der Waals surface area contributed by atoms with Gasteiger partial charge < -0.3 is 24.9 Å². The van der Waals surface area contributed by atoms with Gasteiger partial charge in [-0.25, -0.2) is 0 Å². The number of esters is 1. The Morgan fingerprint density at radius 1 is 0.549 bits per heavy atom. The highest BCUT2D eigenvalue weighted by Crippen LogP contribution is 2.16. The van der Waals surface area contributed by atoms with Crippen molar-refractivity contribution in [3.8, 4) is 0 Å². The Hall–Kier alpha value is -0.980. The monoisotopic (exact) mass is 725 g/mol. The summed E-state index contributed by atoms with van der Waals surface area (Å²) in [4.78, 5) is 24.6. The van der Waals surface area contributed by atoms with Gasteiger partial charge >= 0.3 is 5.97 Å². The largest absolute Gasteiger partial charge is 0.466 e. The highest BCUT2D eigenvalue weighted by Gasteiger charge is 2.07. The van der Waals surface area contributed by atoms with E-state index in [1.165, 1.54) is 173 Å². The maximum Gasteiger partial charge on any atom is 0.305 e. The van der Waals surface area contributed by atoms with E-state index in [0.29, 0.717) is 25.6 Å². The Kier molecular flexibility index (Phi) is 48.1. The van der Waals surface area contributed by atoms with Crippen LogP contribution in [0.5, 0.6) is 0 Å². The van der Waals surface area contributed by atoms with Gasteiger partial charge in [0.1, 0.15) is 6.29 Å². The van der Waals surface area contributed by atoms with Crippen molar-refractivity contribution in [3.63, 3.8) is 0 Å². The predicted molar refractivity (Wildman–Crippen MR) is 223 cm³/mol. The SMILES string of the molecule is CCCCCCCCC(CCCCCCCC)OC.CCCCCCCCCOC(=O)CCCCCCCN(CCN)CCCCCCCC=O. The number of hydrogen-bond donors (Lipinski definition) is 1. The Labute approximate surface area is 319 Å². The molecule has 6 nitrogen and oxygen atoms in total. The summed E-state index contributed by atoms with van der Waals surface area (Å²) in [5.74, 6) is -0.0173. The number of nitrogens with zero attached hydrogens (tertiary/aromatic N) is 1. The molecule has 0 heterocycles. The lowest BCUT2D eigenvalue weighted by Crippen LogP contribution is -2.31. The van der Waals surface area contributed by atoms with Crippen molar-refractivity contribution in [3.05, 3.63) is 0 Å². The molecule has 0 aromatic carbocycles. The van der Waals surface area contributed by atoms with Gasteiger partial charge in [-0.1, -0.05) is 175 Å². The van der Waals surface area contributed by atoms with Gasteiger partial charge in [0, 0.05) is 33.0 Å². The van der Waals surface area contributed by atoms with Crippen molar-refractivity contribution < 1.29 is 19.1 Å². The third-order valence-corrected chi connectivity index (χ3v) is 10.2. The van der Waals surface area contributed by atoms with Gasteiger partial charge in [-0.05, 0) is 58.0 Å². The molecule has 0 radical (unpaired) electrons. The minimum Gasteiger partial charge on any atom is -0.466 e. The van der Waals surface area contributed by atoms with Crippen LogP contribution < -0.4 is 5.73 Å². The summed E-state index contributed by atoms with van der Waals surface area (Å²) >= 11 is 0. The zero-order valence-corrected chi connectivity index (χ0v) is 35.2. The summed E-state index contributed by atoms with van der Waals surface area (Å²) in [5, 5.41) is 0. The number of nitrogens with two attached hydrogens (primary N) is 1. The van der Waals surface area contributed by atoms with E-state index in [2.05, 4.69) is 25.7 Å². The van der Waals surface area contributed by atoms with Gasteiger partial charge in [-0.3, -0.25) is 4.79 Å². The standard InChI is InChI=1S/C27H54N2O3.C18H38O/c1-2-3-4-5-8-14-19-26-32-27(31)20-15-10-9-12-17-23-29(24-21-28)22-16-11-6-7-13-18-25-30;1-4-6-8-10-12-14-16-18(19-3)17-15-13-11-9-7-5-2/h25H,2-24,26,28H2,1H3;18H,4-17H2,1-3H3. The van der Waals surface area contributed by atoms with E-state index in [0.717, 1.165) is 58.1 Å². The summed E-state index contributed by atoms with van der Waals surface area (Å²) in [6.07, 6.45) is 42.4. The average Bonchev–Trinajstić information content (AvgIpc) is 3.14. The molecule has 2 N–H and O–H groups in total. The molecule has 0 atom stereocenters. The molecule has 0 aromatic rings. The van der Waals surface area contributed by atoms with E-state index >= 15 is 0 Å². The average molecular weight is 725 g/mol. The van der Waals surface area contributed by atoms with E-state index in [1.54, 1.807) is 0 Å². The van der Waals surface area contributed by atoms with Gasteiger partial charge in [-0.15, -0.1) is 0 Å². The molecule has 0 fully saturated rings. The van der Waals surface area contributed by atoms with Crippen LogP contribution in [0.1, 0.15) is 233 Å². The molecule has 0 amide bonds. The van der Waals surface area contributed by atoms with Crippen molar-refractivity contribution in [1.29, 1.82) is 0 Å². The van der Waals surface area contributed by atoms with Crippen molar-refractivity contribution in [2.24, 2.45) is 5.73 Å². The van der Waals surface area contributed by atoms with Crippen LogP contribution in [0, 0.1) is 0 Å². The summed E-state index contributed by atoms with van der Waals surface area (Å²) in [5.41, 5.74) is 5.77. The number of hydrogen-bond acceptors (Lipinski definition) is 6. The van der Waals surface area contributed by atoms with Gasteiger partial charge in [0.2, 0.25) is 0 Å². The second-order valence-electron chi connectivity index (χ2n) is 15.2. The van der Waals surface area contributed by atoms with E-state index in [-0.39, 0.29) is 5.97 Å². The quantitative estimate of drug-likeness (QED) is 0.0384. The number of aldehydes is 1. The minimum atomic E-state index is -0.0173. The normalized spacial score (nSPS) is 11.3. The summed E-state index contributed by atoms with van der Waals surface area (Å²) < 4.78 is 11.0. The van der Waals surface area contributed by atoms with Gasteiger partial charge in [0.05, 0.1) is 12.7 Å². The van der Waals surface area contributed by atoms with Gasteiger partial charge in [-0.2, -0.15) is 0 Å². The molecule has 0 aliphatic heterocycles. The Bertz CT molecular complexity index is 646. The molecule has 0 aliphatic carbocycles. The molecule has 0 aliphatic rings. The second kappa shape index (κ2) is 47.0. The topological polar surface area (TPSA) is 81.9 Å². The molecule has 51 heavy (non-hydrogen) atoms. The fourth-order valence-electron chi connectivity index (χ4n) is 6.75. The number of ether oxygens (including phenoxy) is 2. The van der Waals surface area contributed by atoms with Gasteiger partial charge in [0.15, 0.2) is 0 Å². The summed E-state index contributed by atoms with van der Waals surface area (Å²) in [6, 6.07) is 0. The lowest BCUT2D eigenvalue weighted by molar-refractivity contribution is -0.143. The summed E-state index contributed by atoms with van der Waals surface area (Å²) in [7, 11) is 1.89. The van der Waals surface area contributed by atoms with Crippen LogP contribution in [0.4, 0.5) is 0 Å². The smallest absolute Gasteiger partial charge is 0.305 e. The number of rotatable bonds is 41. The Morgan fingerprint density at radius 2 is 0.961 bits per heavy atom. The van der Waals surface area contributed by atoms with Crippen LogP contribution in [0.25, 0.3) is 0 Å². The molecule has 0 aromatic heterocycles. The van der Waals surface area contributed by atoms with E-state index in [1.807, 2.05) is 7.11 Å². The molecule has 0 rings (SSSR count). The number of unbranched alkanes of at least 4 members (excludes halogenated alkanes) is 25. The molecule has 0 spiro atoms. The lowest BCUT2D eigenvalue weighted by Gasteiger charge is -2.21. The first-order valence-corrected chi connectivity index (χ1v) is 22.6. The molecule has 6 heteroatoms. The fraction of sp³-hybridized carbons (Fsp3) is 0.956. The molecule has 306 valence electrons. The first-order valence-electron chi connectivity index (χ1n) is 22.6.